The Labute approximate surface area is 123 Å². The van der Waals surface area contributed by atoms with Crippen LogP contribution in [0.3, 0.4) is 0 Å². The molecule has 2 heterocycles. The molecule has 1 aliphatic heterocycles. The molecule has 1 aliphatic rings. The SMILES string of the molecule is CCOc1cccc(-c2noc([C@H]3C[C@H](OC)CN3)n2)c1. The van der Waals surface area contributed by atoms with Crippen molar-refractivity contribution in [3.8, 4) is 17.1 Å². The molecule has 6 heteroatoms. The highest BCUT2D eigenvalue weighted by Gasteiger charge is 2.29. The Kier molecular flexibility index (Phi) is 4.17. The number of nitrogens with one attached hydrogen (secondary N) is 1. The molecule has 1 aromatic heterocycles. The summed E-state index contributed by atoms with van der Waals surface area (Å²) in [6.45, 7) is 3.39. The minimum absolute atomic E-state index is 0.0614. The number of nitrogens with zero attached hydrogens (tertiary/aromatic N) is 2. The third-order valence-electron chi connectivity index (χ3n) is 3.57. The number of hydrogen-bond donors (Lipinski definition) is 1. The molecule has 0 aliphatic carbocycles. The molecule has 0 bridgehead atoms. The van der Waals surface area contributed by atoms with E-state index in [-0.39, 0.29) is 12.1 Å². The van der Waals surface area contributed by atoms with Gasteiger partial charge >= 0.3 is 0 Å². The van der Waals surface area contributed by atoms with E-state index in [1.807, 2.05) is 31.2 Å². The van der Waals surface area contributed by atoms with Gasteiger partial charge in [0.15, 0.2) is 0 Å². The summed E-state index contributed by atoms with van der Waals surface area (Å²) in [5.41, 5.74) is 0.886. The maximum Gasteiger partial charge on any atom is 0.244 e. The second kappa shape index (κ2) is 6.24. The van der Waals surface area contributed by atoms with Crippen LogP contribution in [-0.2, 0) is 4.74 Å². The van der Waals surface area contributed by atoms with Crippen LogP contribution in [0.2, 0.25) is 0 Å². The van der Waals surface area contributed by atoms with Crippen LogP contribution in [-0.4, -0.2) is 36.5 Å². The molecule has 21 heavy (non-hydrogen) atoms. The fourth-order valence-corrected chi connectivity index (χ4v) is 2.46. The maximum absolute atomic E-state index is 5.49. The highest BCUT2D eigenvalue weighted by atomic mass is 16.5. The van der Waals surface area contributed by atoms with Gasteiger partial charge in [-0.3, -0.25) is 0 Å². The quantitative estimate of drug-likeness (QED) is 0.910. The molecule has 1 fully saturated rings. The molecule has 1 N–H and O–H groups in total. The second-order valence-electron chi connectivity index (χ2n) is 4.97. The summed E-state index contributed by atoms with van der Waals surface area (Å²) >= 11 is 0. The number of rotatable bonds is 5. The predicted octanol–water partition coefficient (Wildman–Crippen LogP) is 2.18. The van der Waals surface area contributed by atoms with Crippen LogP contribution in [0.25, 0.3) is 11.4 Å². The van der Waals surface area contributed by atoms with Gasteiger partial charge in [0.05, 0.1) is 18.8 Å². The first kappa shape index (κ1) is 14.0. The van der Waals surface area contributed by atoms with Crippen LogP contribution >= 0.6 is 0 Å². The van der Waals surface area contributed by atoms with Gasteiger partial charge in [-0.25, -0.2) is 0 Å². The highest BCUT2D eigenvalue weighted by Crippen LogP contribution is 2.27. The van der Waals surface area contributed by atoms with E-state index < -0.39 is 0 Å². The average Bonchev–Trinajstić information content (AvgIpc) is 3.17. The molecule has 3 rings (SSSR count). The van der Waals surface area contributed by atoms with Gasteiger partial charge < -0.3 is 19.3 Å². The van der Waals surface area contributed by atoms with Crippen LogP contribution in [0, 0.1) is 0 Å². The van der Waals surface area contributed by atoms with E-state index in [0.717, 1.165) is 24.3 Å². The topological polar surface area (TPSA) is 69.4 Å². The van der Waals surface area contributed by atoms with E-state index in [0.29, 0.717) is 18.3 Å². The Hall–Kier alpha value is -1.92. The standard InChI is InChI=1S/C15H19N3O3/c1-3-20-11-6-4-5-10(7-11)14-17-15(21-18-14)13-8-12(19-2)9-16-13/h4-7,12-13,16H,3,8-9H2,1-2H3/t12-,13+/m0/s1. The smallest absolute Gasteiger partial charge is 0.244 e. The summed E-state index contributed by atoms with van der Waals surface area (Å²) in [5.74, 6) is 1.99. The van der Waals surface area contributed by atoms with Crippen molar-refractivity contribution >= 4 is 0 Å². The largest absolute Gasteiger partial charge is 0.494 e. The zero-order valence-electron chi connectivity index (χ0n) is 12.2. The molecule has 1 saturated heterocycles. The van der Waals surface area contributed by atoms with Crippen molar-refractivity contribution < 1.29 is 14.0 Å². The van der Waals surface area contributed by atoms with Gasteiger partial charge in [-0.1, -0.05) is 17.3 Å². The van der Waals surface area contributed by atoms with E-state index in [9.17, 15) is 0 Å². The minimum Gasteiger partial charge on any atom is -0.494 e. The molecule has 1 aromatic carbocycles. The molecular weight excluding hydrogens is 270 g/mol. The lowest BCUT2D eigenvalue weighted by Gasteiger charge is -2.04. The van der Waals surface area contributed by atoms with Crippen LogP contribution in [0.4, 0.5) is 0 Å². The van der Waals surface area contributed by atoms with Gasteiger partial charge in [0.25, 0.3) is 0 Å². The van der Waals surface area contributed by atoms with Gasteiger partial charge in [0.2, 0.25) is 11.7 Å². The van der Waals surface area contributed by atoms with Gasteiger partial charge in [-0.15, -0.1) is 0 Å². The van der Waals surface area contributed by atoms with Gasteiger partial charge in [-0.05, 0) is 25.5 Å². The second-order valence-corrected chi connectivity index (χ2v) is 4.97. The normalized spacial score (nSPS) is 21.6. The average molecular weight is 289 g/mol. The molecule has 0 unspecified atom stereocenters. The number of hydrogen-bond acceptors (Lipinski definition) is 6. The third-order valence-corrected chi connectivity index (χ3v) is 3.57. The lowest BCUT2D eigenvalue weighted by molar-refractivity contribution is 0.116. The van der Waals surface area contributed by atoms with Crippen molar-refractivity contribution in [2.24, 2.45) is 0 Å². The number of ether oxygens (including phenoxy) is 2. The lowest BCUT2D eigenvalue weighted by Crippen LogP contribution is -2.16. The predicted molar refractivity (Wildman–Crippen MR) is 77.1 cm³/mol. The fourth-order valence-electron chi connectivity index (χ4n) is 2.46. The van der Waals surface area contributed by atoms with Crippen molar-refractivity contribution in [3.63, 3.8) is 0 Å². The van der Waals surface area contributed by atoms with Crippen LogP contribution in [0.15, 0.2) is 28.8 Å². The Balaban J connectivity index is 1.77. The zero-order valence-corrected chi connectivity index (χ0v) is 12.2. The molecule has 0 saturated carbocycles. The summed E-state index contributed by atoms with van der Waals surface area (Å²) in [6, 6.07) is 7.75. The molecule has 2 atom stereocenters. The Morgan fingerprint density at radius 3 is 3.10 bits per heavy atom. The summed E-state index contributed by atoms with van der Waals surface area (Å²) in [6.07, 6.45) is 1.04. The maximum atomic E-state index is 5.49. The van der Waals surface area contributed by atoms with Crippen molar-refractivity contribution in [2.75, 3.05) is 20.3 Å². The number of benzene rings is 1. The highest BCUT2D eigenvalue weighted by molar-refractivity contribution is 5.56. The molecular formula is C15H19N3O3. The van der Waals surface area contributed by atoms with Gasteiger partial charge in [0, 0.05) is 19.2 Å². The van der Waals surface area contributed by atoms with Crippen molar-refractivity contribution in [2.45, 2.75) is 25.5 Å². The van der Waals surface area contributed by atoms with Crippen molar-refractivity contribution in [1.82, 2.24) is 15.5 Å². The summed E-state index contributed by atoms with van der Waals surface area (Å²) < 4.78 is 16.2. The fraction of sp³-hybridized carbons (Fsp3) is 0.467. The lowest BCUT2D eigenvalue weighted by atomic mass is 10.2. The minimum atomic E-state index is 0.0614. The van der Waals surface area contributed by atoms with Gasteiger partial charge in [-0.2, -0.15) is 4.98 Å². The Bertz CT molecular complexity index is 599. The zero-order chi connectivity index (χ0) is 14.7. The van der Waals surface area contributed by atoms with E-state index in [1.54, 1.807) is 7.11 Å². The van der Waals surface area contributed by atoms with E-state index in [4.69, 9.17) is 14.0 Å². The van der Waals surface area contributed by atoms with Crippen molar-refractivity contribution in [3.05, 3.63) is 30.2 Å². The van der Waals surface area contributed by atoms with Gasteiger partial charge in [0.1, 0.15) is 5.75 Å². The molecule has 0 radical (unpaired) electrons. The molecule has 0 amide bonds. The molecule has 2 aromatic rings. The number of methoxy groups -OCH3 is 1. The Morgan fingerprint density at radius 2 is 2.33 bits per heavy atom. The summed E-state index contributed by atoms with van der Waals surface area (Å²) in [5, 5.41) is 7.39. The first-order valence-electron chi connectivity index (χ1n) is 7.13. The van der Waals surface area contributed by atoms with E-state index in [1.165, 1.54) is 0 Å². The van der Waals surface area contributed by atoms with Crippen LogP contribution in [0.1, 0.15) is 25.3 Å². The summed E-state index contributed by atoms with van der Waals surface area (Å²) in [4.78, 5) is 4.48. The third kappa shape index (κ3) is 3.06. The number of aromatic nitrogens is 2. The first-order chi connectivity index (χ1) is 10.3. The molecule has 6 nitrogen and oxygen atoms in total. The van der Waals surface area contributed by atoms with Crippen LogP contribution < -0.4 is 10.1 Å². The van der Waals surface area contributed by atoms with E-state index >= 15 is 0 Å². The summed E-state index contributed by atoms with van der Waals surface area (Å²) in [7, 11) is 1.72. The van der Waals surface area contributed by atoms with Crippen LogP contribution in [0.5, 0.6) is 5.75 Å². The molecule has 112 valence electrons. The van der Waals surface area contributed by atoms with E-state index in [2.05, 4.69) is 15.5 Å². The first-order valence-corrected chi connectivity index (χ1v) is 7.13. The molecule has 0 spiro atoms. The van der Waals surface area contributed by atoms with Crippen molar-refractivity contribution in [1.29, 1.82) is 0 Å². The Morgan fingerprint density at radius 1 is 1.43 bits per heavy atom. The monoisotopic (exact) mass is 289 g/mol.